The lowest BCUT2D eigenvalue weighted by Gasteiger charge is -2.27. The second-order valence-electron chi connectivity index (χ2n) is 15.7. The third-order valence-corrected chi connectivity index (χ3v) is 13.3. The summed E-state index contributed by atoms with van der Waals surface area (Å²) in [6, 6.07) is 81.3. The van der Waals surface area contributed by atoms with E-state index in [2.05, 4.69) is 217 Å². The number of hydrogen-bond donors (Lipinski definition) is 0. The summed E-state index contributed by atoms with van der Waals surface area (Å²) in [6.45, 7) is 0. The summed E-state index contributed by atoms with van der Waals surface area (Å²) in [4.78, 5) is 2.39. The summed E-state index contributed by atoms with van der Waals surface area (Å²) < 4.78 is 8.81. The second kappa shape index (κ2) is 14.5. The maximum atomic E-state index is 6.19. The van der Waals surface area contributed by atoms with Gasteiger partial charge >= 0.3 is 0 Å². The van der Waals surface area contributed by atoms with Crippen LogP contribution < -0.4 is 4.90 Å². The Balaban J connectivity index is 0.945. The van der Waals surface area contributed by atoms with Crippen LogP contribution in [0.2, 0.25) is 0 Å². The lowest BCUT2D eigenvalue weighted by Crippen LogP contribution is -2.10. The van der Waals surface area contributed by atoms with Gasteiger partial charge in [0.1, 0.15) is 11.2 Å². The molecule has 0 aliphatic heterocycles. The van der Waals surface area contributed by atoms with Crippen LogP contribution in [-0.4, -0.2) is 0 Å². The van der Waals surface area contributed by atoms with Crippen molar-refractivity contribution in [2.75, 3.05) is 4.90 Å². The molecule has 0 aliphatic rings. The summed E-state index contributed by atoms with van der Waals surface area (Å²) in [5.41, 5.74) is 14.6. The van der Waals surface area contributed by atoms with Crippen molar-refractivity contribution in [3.8, 4) is 44.5 Å². The molecule has 0 amide bonds. The molecule has 61 heavy (non-hydrogen) atoms. The number of anilines is 3. The third kappa shape index (κ3) is 6.26. The number of nitrogens with zero attached hydrogens (tertiary/aromatic N) is 1. The predicted octanol–water partition coefficient (Wildman–Crippen LogP) is 17.2. The minimum atomic E-state index is 0.900. The van der Waals surface area contributed by atoms with Gasteiger partial charge in [0.05, 0.1) is 0 Å². The highest BCUT2D eigenvalue weighted by Crippen LogP contribution is 2.43. The first kappa shape index (κ1) is 35.2. The second-order valence-corrected chi connectivity index (χ2v) is 16.8. The van der Waals surface area contributed by atoms with Crippen LogP contribution in [0.3, 0.4) is 0 Å². The average Bonchev–Trinajstić information content (AvgIpc) is 3.90. The van der Waals surface area contributed by atoms with E-state index in [9.17, 15) is 0 Å². The van der Waals surface area contributed by atoms with E-state index in [0.29, 0.717) is 0 Å². The Bertz CT molecular complexity index is 3590. The molecule has 286 valence electrons. The van der Waals surface area contributed by atoms with E-state index < -0.39 is 0 Å². The quantitative estimate of drug-likeness (QED) is 0.160. The molecule has 0 N–H and O–H groups in total. The largest absolute Gasteiger partial charge is 0.456 e. The zero-order valence-electron chi connectivity index (χ0n) is 33.1. The van der Waals surface area contributed by atoms with Gasteiger partial charge in [0, 0.05) is 48.0 Å². The average molecular weight is 796 g/mol. The Hall–Kier alpha value is -7.72. The van der Waals surface area contributed by atoms with Gasteiger partial charge in [-0.3, -0.25) is 0 Å². The number of fused-ring (bicyclic) bond motifs is 7. The molecule has 0 radical (unpaired) electrons. The fourth-order valence-corrected chi connectivity index (χ4v) is 10.2. The first-order valence-corrected chi connectivity index (χ1v) is 21.5. The Morgan fingerprint density at radius 2 is 0.869 bits per heavy atom. The Labute approximate surface area is 357 Å². The van der Waals surface area contributed by atoms with Gasteiger partial charge in [-0.1, -0.05) is 158 Å². The van der Waals surface area contributed by atoms with E-state index in [0.717, 1.165) is 50.1 Å². The monoisotopic (exact) mass is 795 g/mol. The molecule has 2 heterocycles. The van der Waals surface area contributed by atoms with Gasteiger partial charge in [-0.15, -0.1) is 11.3 Å². The smallest absolute Gasteiger partial charge is 0.135 e. The molecule has 10 aromatic carbocycles. The first-order valence-electron chi connectivity index (χ1n) is 20.7. The van der Waals surface area contributed by atoms with Crippen molar-refractivity contribution in [2.24, 2.45) is 0 Å². The van der Waals surface area contributed by atoms with Gasteiger partial charge in [0.15, 0.2) is 0 Å². The fourth-order valence-electron chi connectivity index (χ4n) is 8.99. The first-order chi connectivity index (χ1) is 30.2. The Morgan fingerprint density at radius 3 is 1.69 bits per heavy atom. The van der Waals surface area contributed by atoms with E-state index in [1.54, 1.807) is 0 Å². The maximum absolute atomic E-state index is 6.19. The molecule has 0 unspecified atom stereocenters. The molecule has 0 atom stereocenters. The van der Waals surface area contributed by atoms with Crippen molar-refractivity contribution in [2.45, 2.75) is 0 Å². The molecule has 0 aliphatic carbocycles. The summed E-state index contributed by atoms with van der Waals surface area (Å²) in [5.74, 6) is 0. The number of rotatable bonds is 7. The topological polar surface area (TPSA) is 16.4 Å². The number of furan rings is 1. The Morgan fingerprint density at radius 1 is 0.311 bits per heavy atom. The zero-order valence-corrected chi connectivity index (χ0v) is 33.9. The molecule has 0 fully saturated rings. The van der Waals surface area contributed by atoms with E-state index in [-0.39, 0.29) is 0 Å². The number of thiophene rings is 1. The maximum Gasteiger partial charge on any atom is 0.135 e. The van der Waals surface area contributed by atoms with E-state index in [1.165, 1.54) is 64.3 Å². The lowest BCUT2D eigenvalue weighted by atomic mass is 9.98. The summed E-state index contributed by atoms with van der Waals surface area (Å²) in [6.07, 6.45) is 0. The Kier molecular flexibility index (Phi) is 8.39. The minimum Gasteiger partial charge on any atom is -0.456 e. The van der Waals surface area contributed by atoms with Crippen LogP contribution in [0.25, 0.3) is 97.4 Å². The van der Waals surface area contributed by atoms with Crippen LogP contribution in [0, 0.1) is 0 Å². The van der Waals surface area contributed by atoms with Gasteiger partial charge in [-0.2, -0.15) is 0 Å². The number of para-hydroxylation sites is 1. The summed E-state index contributed by atoms with van der Waals surface area (Å²) >= 11 is 1.87. The van der Waals surface area contributed by atoms with Crippen molar-refractivity contribution in [3.63, 3.8) is 0 Å². The van der Waals surface area contributed by atoms with Crippen molar-refractivity contribution >= 4 is 81.3 Å². The van der Waals surface area contributed by atoms with Gasteiger partial charge in [-0.05, 0) is 122 Å². The highest BCUT2D eigenvalue weighted by atomic mass is 32.1. The van der Waals surface area contributed by atoms with Crippen molar-refractivity contribution < 1.29 is 4.42 Å². The fraction of sp³-hybridized carbons (Fsp3) is 0. The summed E-state index contributed by atoms with van der Waals surface area (Å²) in [5, 5.41) is 7.38. The van der Waals surface area contributed by atoms with Crippen molar-refractivity contribution in [1.82, 2.24) is 0 Å². The minimum absolute atomic E-state index is 0.900. The molecule has 12 aromatic rings. The van der Waals surface area contributed by atoms with Crippen LogP contribution in [0.4, 0.5) is 17.1 Å². The molecular formula is C58H37NOS. The normalized spacial score (nSPS) is 11.6. The van der Waals surface area contributed by atoms with Crippen LogP contribution in [0.15, 0.2) is 229 Å². The molecule has 2 aromatic heterocycles. The summed E-state index contributed by atoms with van der Waals surface area (Å²) in [7, 11) is 0. The van der Waals surface area contributed by atoms with Crippen LogP contribution in [-0.2, 0) is 0 Å². The van der Waals surface area contributed by atoms with Crippen molar-refractivity contribution in [1.29, 1.82) is 0 Å². The molecule has 3 heteroatoms. The van der Waals surface area contributed by atoms with E-state index in [1.807, 2.05) is 23.5 Å². The standard InChI is InChI=1S/C58H37NOS/c1-2-11-42-34-44(27-26-38(42)10-1)41-24-22-39(23-25-41)40-28-31-47(32-29-40)59(48-14-7-12-43(35-48)45-30-33-56-54(37-45)51-16-3-5-20-55(51)60-56)49-15-8-13-46(36-49)50-18-9-19-53-52-17-4-6-21-57(52)61-58(50)53/h1-37H. The third-order valence-electron chi connectivity index (χ3n) is 12.1. The van der Waals surface area contributed by atoms with Gasteiger partial charge in [0.2, 0.25) is 0 Å². The highest BCUT2D eigenvalue weighted by molar-refractivity contribution is 7.26. The van der Waals surface area contributed by atoms with Gasteiger partial charge < -0.3 is 9.32 Å². The number of benzene rings is 10. The molecule has 0 saturated heterocycles. The predicted molar refractivity (Wildman–Crippen MR) is 261 cm³/mol. The van der Waals surface area contributed by atoms with E-state index >= 15 is 0 Å². The molecule has 0 spiro atoms. The van der Waals surface area contributed by atoms with Gasteiger partial charge in [0.25, 0.3) is 0 Å². The van der Waals surface area contributed by atoms with Gasteiger partial charge in [-0.25, -0.2) is 0 Å². The molecule has 2 nitrogen and oxygen atoms in total. The van der Waals surface area contributed by atoms with E-state index in [4.69, 9.17) is 4.42 Å². The van der Waals surface area contributed by atoms with Crippen LogP contribution in [0.5, 0.6) is 0 Å². The highest BCUT2D eigenvalue weighted by Gasteiger charge is 2.17. The molecule has 0 saturated carbocycles. The lowest BCUT2D eigenvalue weighted by molar-refractivity contribution is 0.669. The molecular weight excluding hydrogens is 759 g/mol. The number of hydrogen-bond acceptors (Lipinski definition) is 3. The SMILES string of the molecule is c1cc(-c2ccc3oc4ccccc4c3c2)cc(N(c2ccc(-c3ccc(-c4ccc5ccccc5c4)cc3)cc2)c2cccc(-c3cccc4c3sc3ccccc34)c2)c1. The molecule has 0 bridgehead atoms. The van der Waals surface area contributed by atoms with Crippen LogP contribution in [0.1, 0.15) is 0 Å². The van der Waals surface area contributed by atoms with Crippen molar-refractivity contribution in [3.05, 3.63) is 224 Å². The molecule has 12 rings (SSSR count). The zero-order chi connectivity index (χ0) is 40.3. The van der Waals surface area contributed by atoms with Crippen LogP contribution >= 0.6 is 11.3 Å².